The number of pyridine rings is 1. The van der Waals surface area contributed by atoms with E-state index in [1.54, 1.807) is 13.8 Å². The number of rotatable bonds is 5. The lowest BCUT2D eigenvalue weighted by Crippen LogP contribution is -2.58. The Bertz CT molecular complexity index is 760. The first-order chi connectivity index (χ1) is 11.7. The highest BCUT2D eigenvalue weighted by Crippen LogP contribution is 2.21. The molecule has 25 heavy (non-hydrogen) atoms. The first kappa shape index (κ1) is 18.7. The number of nitrogens with one attached hydrogen (secondary N) is 1. The van der Waals surface area contributed by atoms with Crippen LogP contribution in [0.2, 0.25) is 0 Å². The van der Waals surface area contributed by atoms with Crippen LogP contribution in [0.15, 0.2) is 17.2 Å². The van der Waals surface area contributed by atoms with Crippen molar-refractivity contribution < 1.29 is 29.3 Å². The summed E-state index contributed by atoms with van der Waals surface area (Å²) in [6.07, 6.45) is 2.52. The first-order valence-electron chi connectivity index (χ1n) is 7.80. The molecule has 1 aromatic rings. The summed E-state index contributed by atoms with van der Waals surface area (Å²) in [4.78, 5) is 47.8. The zero-order chi connectivity index (χ0) is 18.8. The predicted molar refractivity (Wildman–Crippen MR) is 85.9 cm³/mol. The Balaban J connectivity index is 2.46. The maximum atomic E-state index is 12.6. The lowest BCUT2D eigenvalue weighted by atomic mass is 9.89. The summed E-state index contributed by atoms with van der Waals surface area (Å²) in [5.74, 6) is -3.58. The molecule has 9 heteroatoms. The van der Waals surface area contributed by atoms with Crippen molar-refractivity contribution in [3.63, 3.8) is 0 Å². The molecule has 9 nitrogen and oxygen atoms in total. The standard InChI is InChI=1S/C16H20N2O7/c1-9(2)18-7-10(12(19)11(8-18)14(21)22)13(20)17-16(15(23)24)3-5-25-6-4-16/h7-9H,3-6H2,1-2H3,(H,17,20)(H,21,22)(H,23,24). The minimum Gasteiger partial charge on any atom is -0.480 e. The number of carbonyl (C=O) groups is 3. The summed E-state index contributed by atoms with van der Waals surface area (Å²) in [5, 5.41) is 21.1. The number of nitrogens with zero attached hydrogens (tertiary/aromatic N) is 1. The molecular formula is C16H20N2O7. The van der Waals surface area contributed by atoms with E-state index in [0.717, 1.165) is 6.20 Å². The predicted octanol–water partition coefficient (Wildman–Crippen LogP) is 0.491. The molecule has 0 aliphatic carbocycles. The number of hydrogen-bond acceptors (Lipinski definition) is 5. The average Bonchev–Trinajstić information content (AvgIpc) is 2.55. The van der Waals surface area contributed by atoms with Crippen LogP contribution >= 0.6 is 0 Å². The Labute approximate surface area is 143 Å². The van der Waals surface area contributed by atoms with E-state index >= 15 is 0 Å². The van der Waals surface area contributed by atoms with Gasteiger partial charge in [0.15, 0.2) is 0 Å². The van der Waals surface area contributed by atoms with Gasteiger partial charge in [-0.1, -0.05) is 0 Å². The largest absolute Gasteiger partial charge is 0.480 e. The molecular weight excluding hydrogens is 332 g/mol. The van der Waals surface area contributed by atoms with Gasteiger partial charge in [0.2, 0.25) is 5.43 Å². The molecule has 1 aliphatic rings. The van der Waals surface area contributed by atoms with Gasteiger partial charge in [-0.2, -0.15) is 0 Å². The van der Waals surface area contributed by atoms with Crippen molar-refractivity contribution >= 4 is 17.8 Å². The molecule has 1 fully saturated rings. The normalized spacial score (nSPS) is 16.4. The highest BCUT2D eigenvalue weighted by Gasteiger charge is 2.42. The number of aliphatic carboxylic acids is 1. The summed E-state index contributed by atoms with van der Waals surface area (Å²) in [5.41, 5.74) is -3.43. The molecule has 1 saturated heterocycles. The Morgan fingerprint density at radius 3 is 2.20 bits per heavy atom. The molecule has 0 bridgehead atoms. The summed E-state index contributed by atoms with van der Waals surface area (Å²) in [7, 11) is 0. The van der Waals surface area contributed by atoms with Gasteiger partial charge in [0.1, 0.15) is 16.7 Å². The molecule has 2 rings (SSSR count). The van der Waals surface area contributed by atoms with Crippen LogP contribution in [-0.4, -0.2) is 51.4 Å². The second kappa shape index (κ2) is 7.06. The van der Waals surface area contributed by atoms with Crippen molar-refractivity contribution in [2.45, 2.75) is 38.3 Å². The number of amides is 1. The van der Waals surface area contributed by atoms with Crippen molar-refractivity contribution in [1.29, 1.82) is 0 Å². The van der Waals surface area contributed by atoms with Gasteiger partial charge >= 0.3 is 11.9 Å². The minimum absolute atomic E-state index is 0.0606. The Morgan fingerprint density at radius 1 is 1.16 bits per heavy atom. The Morgan fingerprint density at radius 2 is 1.72 bits per heavy atom. The highest BCUT2D eigenvalue weighted by molar-refractivity contribution is 5.99. The van der Waals surface area contributed by atoms with Crippen LogP contribution in [0.25, 0.3) is 0 Å². The van der Waals surface area contributed by atoms with Crippen molar-refractivity contribution in [1.82, 2.24) is 9.88 Å². The van der Waals surface area contributed by atoms with Crippen LogP contribution < -0.4 is 10.7 Å². The number of ether oxygens (including phenoxy) is 1. The van der Waals surface area contributed by atoms with Gasteiger partial charge in [0, 0.05) is 44.5 Å². The van der Waals surface area contributed by atoms with E-state index in [-0.39, 0.29) is 32.1 Å². The summed E-state index contributed by atoms with van der Waals surface area (Å²) in [6.45, 7) is 3.85. The maximum absolute atomic E-state index is 12.6. The van der Waals surface area contributed by atoms with Crippen molar-refractivity contribution in [3.05, 3.63) is 33.7 Å². The van der Waals surface area contributed by atoms with Crippen molar-refractivity contribution in [2.75, 3.05) is 13.2 Å². The Hall–Kier alpha value is -2.68. The number of aromatic nitrogens is 1. The summed E-state index contributed by atoms with van der Waals surface area (Å²) < 4.78 is 6.56. The van der Waals surface area contributed by atoms with Crippen molar-refractivity contribution in [3.8, 4) is 0 Å². The zero-order valence-electron chi connectivity index (χ0n) is 13.9. The fraction of sp³-hybridized carbons (Fsp3) is 0.500. The molecule has 0 spiro atoms. The van der Waals surface area contributed by atoms with Crippen LogP contribution in [0.3, 0.4) is 0 Å². The molecule has 0 radical (unpaired) electrons. The van der Waals surface area contributed by atoms with E-state index in [2.05, 4.69) is 5.32 Å². The van der Waals surface area contributed by atoms with E-state index in [1.807, 2.05) is 0 Å². The molecule has 1 aromatic heterocycles. The van der Waals surface area contributed by atoms with E-state index in [1.165, 1.54) is 10.8 Å². The number of carboxylic acid groups (broad SMARTS) is 2. The van der Waals surface area contributed by atoms with Gasteiger partial charge in [-0.05, 0) is 13.8 Å². The minimum atomic E-state index is -1.54. The number of aromatic carboxylic acids is 1. The maximum Gasteiger partial charge on any atom is 0.341 e. The lowest BCUT2D eigenvalue weighted by Gasteiger charge is -2.33. The Kier molecular flexibility index (Phi) is 5.27. The number of hydrogen-bond donors (Lipinski definition) is 3. The van der Waals surface area contributed by atoms with Crippen molar-refractivity contribution in [2.24, 2.45) is 0 Å². The lowest BCUT2D eigenvalue weighted by molar-refractivity contribution is -0.148. The third-order valence-electron chi connectivity index (χ3n) is 4.23. The molecule has 1 amide bonds. The fourth-order valence-corrected chi connectivity index (χ4v) is 2.61. The van der Waals surface area contributed by atoms with Crippen LogP contribution in [0, 0.1) is 0 Å². The molecule has 3 N–H and O–H groups in total. The van der Waals surface area contributed by atoms with Crippen LogP contribution in [0.4, 0.5) is 0 Å². The van der Waals surface area contributed by atoms with E-state index in [0.29, 0.717) is 0 Å². The quantitative estimate of drug-likeness (QED) is 0.702. The van der Waals surface area contributed by atoms with Gasteiger partial charge in [0.05, 0.1) is 0 Å². The van der Waals surface area contributed by atoms with Crippen LogP contribution in [0.5, 0.6) is 0 Å². The van der Waals surface area contributed by atoms with Gasteiger partial charge in [0.25, 0.3) is 5.91 Å². The highest BCUT2D eigenvalue weighted by atomic mass is 16.5. The molecule has 0 saturated carbocycles. The van der Waals surface area contributed by atoms with Gasteiger partial charge in [-0.3, -0.25) is 9.59 Å². The summed E-state index contributed by atoms with van der Waals surface area (Å²) >= 11 is 0. The van der Waals surface area contributed by atoms with Gasteiger partial charge in [-0.25, -0.2) is 9.59 Å². The molecule has 2 heterocycles. The SMILES string of the molecule is CC(C)n1cc(C(=O)O)c(=O)c(C(=O)NC2(C(=O)O)CCOCC2)c1. The van der Waals surface area contributed by atoms with E-state index in [4.69, 9.17) is 4.74 Å². The van der Waals surface area contributed by atoms with Gasteiger partial charge < -0.3 is 24.8 Å². The molecule has 0 unspecified atom stereocenters. The fourth-order valence-electron chi connectivity index (χ4n) is 2.61. The van der Waals surface area contributed by atoms with E-state index < -0.39 is 39.9 Å². The topological polar surface area (TPSA) is 135 Å². The zero-order valence-corrected chi connectivity index (χ0v) is 13.9. The molecule has 0 aromatic carbocycles. The third kappa shape index (κ3) is 3.71. The second-order valence-electron chi connectivity index (χ2n) is 6.21. The smallest absolute Gasteiger partial charge is 0.341 e. The summed E-state index contributed by atoms with van der Waals surface area (Å²) in [6, 6.07) is -0.193. The van der Waals surface area contributed by atoms with Crippen LogP contribution in [0.1, 0.15) is 53.4 Å². The first-order valence-corrected chi connectivity index (χ1v) is 7.80. The molecule has 136 valence electrons. The van der Waals surface area contributed by atoms with Crippen LogP contribution in [-0.2, 0) is 9.53 Å². The van der Waals surface area contributed by atoms with E-state index in [9.17, 15) is 29.4 Å². The average molecular weight is 352 g/mol. The number of carboxylic acids is 2. The van der Waals surface area contributed by atoms with Gasteiger partial charge in [-0.15, -0.1) is 0 Å². The third-order valence-corrected chi connectivity index (χ3v) is 4.23. The second-order valence-corrected chi connectivity index (χ2v) is 6.21. The molecule has 1 aliphatic heterocycles. The molecule has 0 atom stereocenters. The monoisotopic (exact) mass is 352 g/mol. The number of carbonyl (C=O) groups excluding carboxylic acids is 1.